The molecular weight excluding hydrogens is 416 g/mol. The van der Waals surface area contributed by atoms with Crippen LogP contribution in [0.4, 0.5) is 11.4 Å². The SMILES string of the molecule is CC(C)Oc1cccc(NC(=O)[C@@H]2CN(S(C)(=O)=O)c3cc(C(C)(C)C)ccc3O2)c1. The standard InChI is InChI=1S/C23H30N2O5S/c1-15(2)29-18-9-7-8-17(13-18)24-22(26)21-14-25(31(6,27)28)19-12-16(23(3,4)5)10-11-20(19)30-21/h7-13,15,21H,14H2,1-6H3,(H,24,26)/t21-/m0/s1. The minimum Gasteiger partial charge on any atom is -0.491 e. The summed E-state index contributed by atoms with van der Waals surface area (Å²) in [5, 5.41) is 2.80. The molecule has 0 saturated carbocycles. The minimum absolute atomic E-state index is 0.00504. The van der Waals surface area contributed by atoms with Gasteiger partial charge in [0, 0.05) is 11.8 Å². The fourth-order valence-electron chi connectivity index (χ4n) is 3.31. The molecule has 0 fully saturated rings. The Bertz CT molecular complexity index is 1070. The van der Waals surface area contributed by atoms with Crippen molar-refractivity contribution < 1.29 is 22.7 Å². The first-order chi connectivity index (χ1) is 14.3. The Balaban J connectivity index is 1.87. The molecule has 0 bridgehead atoms. The average Bonchev–Trinajstić information content (AvgIpc) is 2.64. The highest BCUT2D eigenvalue weighted by Gasteiger charge is 2.36. The topological polar surface area (TPSA) is 84.9 Å². The molecule has 1 aliphatic rings. The lowest BCUT2D eigenvalue weighted by Gasteiger charge is -2.35. The molecular formula is C23H30N2O5S. The fraction of sp³-hybridized carbons (Fsp3) is 0.435. The third-order valence-corrected chi connectivity index (χ3v) is 6.01. The largest absolute Gasteiger partial charge is 0.491 e. The molecule has 1 amide bonds. The quantitative estimate of drug-likeness (QED) is 0.752. The molecule has 3 rings (SSSR count). The van der Waals surface area contributed by atoms with Crippen LogP contribution < -0.4 is 19.1 Å². The molecule has 8 heteroatoms. The maximum Gasteiger partial charge on any atom is 0.267 e. The summed E-state index contributed by atoms with van der Waals surface area (Å²) in [6, 6.07) is 12.5. The number of sulfonamides is 1. The van der Waals surface area contributed by atoms with Crippen LogP contribution in [0.3, 0.4) is 0 Å². The van der Waals surface area contributed by atoms with E-state index in [2.05, 4.69) is 26.1 Å². The third-order valence-electron chi connectivity index (χ3n) is 4.86. The zero-order valence-electron chi connectivity index (χ0n) is 18.8. The Hall–Kier alpha value is -2.74. The van der Waals surface area contributed by atoms with Gasteiger partial charge in [-0.05, 0) is 49.1 Å². The molecule has 1 heterocycles. The van der Waals surface area contributed by atoms with Crippen molar-refractivity contribution in [3.05, 3.63) is 48.0 Å². The second-order valence-electron chi connectivity index (χ2n) is 9.02. The van der Waals surface area contributed by atoms with Crippen LogP contribution in [0.1, 0.15) is 40.2 Å². The van der Waals surface area contributed by atoms with Gasteiger partial charge in [0.1, 0.15) is 11.5 Å². The molecule has 31 heavy (non-hydrogen) atoms. The summed E-state index contributed by atoms with van der Waals surface area (Å²) < 4.78 is 37.8. The minimum atomic E-state index is -3.61. The van der Waals surface area contributed by atoms with Crippen molar-refractivity contribution >= 4 is 27.3 Å². The van der Waals surface area contributed by atoms with E-state index in [1.54, 1.807) is 30.3 Å². The summed E-state index contributed by atoms with van der Waals surface area (Å²) >= 11 is 0. The van der Waals surface area contributed by atoms with Crippen LogP contribution in [-0.4, -0.2) is 39.3 Å². The normalized spacial score (nSPS) is 16.5. The van der Waals surface area contributed by atoms with Crippen molar-refractivity contribution in [3.63, 3.8) is 0 Å². The van der Waals surface area contributed by atoms with E-state index in [1.165, 1.54) is 4.31 Å². The molecule has 2 aromatic rings. The van der Waals surface area contributed by atoms with Crippen LogP contribution in [0.25, 0.3) is 0 Å². The van der Waals surface area contributed by atoms with Crippen molar-refractivity contribution in [2.45, 2.75) is 52.2 Å². The third kappa shape index (κ3) is 5.50. The Labute approximate surface area is 184 Å². The zero-order valence-corrected chi connectivity index (χ0v) is 19.6. The van der Waals surface area contributed by atoms with Crippen LogP contribution in [0, 0.1) is 0 Å². The lowest BCUT2D eigenvalue weighted by molar-refractivity contribution is -0.122. The molecule has 1 N–H and O–H groups in total. The van der Waals surface area contributed by atoms with Crippen LogP contribution in [0.2, 0.25) is 0 Å². The number of carbonyl (C=O) groups excluding carboxylic acids is 1. The maximum atomic E-state index is 12.9. The number of amides is 1. The van der Waals surface area contributed by atoms with Gasteiger partial charge in [0.05, 0.1) is 24.6 Å². The van der Waals surface area contributed by atoms with Gasteiger partial charge in [-0.15, -0.1) is 0 Å². The first kappa shape index (κ1) is 22.9. The molecule has 0 saturated heterocycles. The number of hydrogen-bond donors (Lipinski definition) is 1. The molecule has 0 aromatic heterocycles. The number of nitrogens with zero attached hydrogens (tertiary/aromatic N) is 1. The predicted molar refractivity (Wildman–Crippen MR) is 123 cm³/mol. The highest BCUT2D eigenvalue weighted by molar-refractivity contribution is 7.92. The molecule has 168 valence electrons. The van der Waals surface area contributed by atoms with Crippen LogP contribution in [-0.2, 0) is 20.2 Å². The summed E-state index contributed by atoms with van der Waals surface area (Å²) in [4.78, 5) is 12.9. The van der Waals surface area contributed by atoms with Gasteiger partial charge in [0.15, 0.2) is 6.10 Å². The number of anilines is 2. The molecule has 0 unspecified atom stereocenters. The lowest BCUT2D eigenvalue weighted by atomic mass is 9.86. The van der Waals surface area contributed by atoms with Crippen molar-refractivity contribution in [3.8, 4) is 11.5 Å². The van der Waals surface area contributed by atoms with Crippen LogP contribution in [0.5, 0.6) is 11.5 Å². The molecule has 1 aliphatic heterocycles. The average molecular weight is 447 g/mol. The number of ether oxygens (including phenoxy) is 2. The lowest BCUT2D eigenvalue weighted by Crippen LogP contribution is -2.48. The van der Waals surface area contributed by atoms with Gasteiger partial charge < -0.3 is 14.8 Å². The first-order valence-electron chi connectivity index (χ1n) is 10.2. The highest BCUT2D eigenvalue weighted by Crippen LogP contribution is 2.38. The number of benzene rings is 2. The van der Waals surface area contributed by atoms with E-state index >= 15 is 0 Å². The summed E-state index contributed by atoms with van der Waals surface area (Å²) in [5.74, 6) is 0.567. The summed E-state index contributed by atoms with van der Waals surface area (Å²) in [6.07, 6.45) is 0.149. The second kappa shape index (κ2) is 8.42. The molecule has 7 nitrogen and oxygen atoms in total. The van der Waals surface area contributed by atoms with Crippen LogP contribution in [0.15, 0.2) is 42.5 Å². The molecule has 1 atom stereocenters. The molecule has 0 aliphatic carbocycles. The number of rotatable bonds is 5. The molecule has 2 aromatic carbocycles. The predicted octanol–water partition coefficient (Wildman–Crippen LogP) is 3.94. The smallest absolute Gasteiger partial charge is 0.267 e. The summed E-state index contributed by atoms with van der Waals surface area (Å²) in [6.45, 7) is 9.89. The first-order valence-corrected chi connectivity index (χ1v) is 12.1. The molecule has 0 radical (unpaired) electrons. The Kier molecular flexibility index (Phi) is 6.23. The Morgan fingerprint density at radius 1 is 1.19 bits per heavy atom. The van der Waals surface area contributed by atoms with E-state index < -0.39 is 22.0 Å². The fourth-order valence-corrected chi connectivity index (χ4v) is 4.22. The van der Waals surface area contributed by atoms with Gasteiger partial charge in [-0.25, -0.2) is 8.42 Å². The van der Waals surface area contributed by atoms with Gasteiger partial charge in [-0.1, -0.05) is 32.9 Å². The van der Waals surface area contributed by atoms with E-state index in [0.717, 1.165) is 11.8 Å². The number of hydrogen-bond acceptors (Lipinski definition) is 5. The van der Waals surface area contributed by atoms with E-state index in [0.29, 0.717) is 22.9 Å². The van der Waals surface area contributed by atoms with Crippen molar-refractivity contribution in [2.75, 3.05) is 22.4 Å². The second-order valence-corrected chi connectivity index (χ2v) is 10.9. The van der Waals surface area contributed by atoms with E-state index in [4.69, 9.17) is 9.47 Å². The Morgan fingerprint density at radius 2 is 1.90 bits per heavy atom. The van der Waals surface area contributed by atoms with E-state index in [9.17, 15) is 13.2 Å². The van der Waals surface area contributed by atoms with E-state index in [-0.39, 0.29) is 18.1 Å². The summed E-state index contributed by atoms with van der Waals surface area (Å²) in [5.41, 5.74) is 1.82. The van der Waals surface area contributed by atoms with Gasteiger partial charge in [-0.2, -0.15) is 0 Å². The van der Waals surface area contributed by atoms with Gasteiger partial charge in [0.2, 0.25) is 10.0 Å². The monoisotopic (exact) mass is 446 g/mol. The number of nitrogens with one attached hydrogen (secondary N) is 1. The van der Waals surface area contributed by atoms with Crippen molar-refractivity contribution in [1.29, 1.82) is 0 Å². The number of carbonyl (C=O) groups is 1. The Morgan fingerprint density at radius 3 is 2.52 bits per heavy atom. The van der Waals surface area contributed by atoms with Crippen LogP contribution >= 0.6 is 0 Å². The maximum absolute atomic E-state index is 12.9. The highest BCUT2D eigenvalue weighted by atomic mass is 32.2. The van der Waals surface area contributed by atoms with Gasteiger partial charge in [-0.3, -0.25) is 9.10 Å². The summed E-state index contributed by atoms with van der Waals surface area (Å²) in [7, 11) is -3.61. The van der Waals surface area contributed by atoms with Crippen molar-refractivity contribution in [1.82, 2.24) is 0 Å². The number of fused-ring (bicyclic) bond motifs is 1. The van der Waals surface area contributed by atoms with Gasteiger partial charge >= 0.3 is 0 Å². The van der Waals surface area contributed by atoms with E-state index in [1.807, 2.05) is 26.0 Å². The molecule has 0 spiro atoms. The van der Waals surface area contributed by atoms with Gasteiger partial charge in [0.25, 0.3) is 5.91 Å². The zero-order chi connectivity index (χ0) is 23.0. The van der Waals surface area contributed by atoms with Crippen molar-refractivity contribution in [2.24, 2.45) is 0 Å².